The van der Waals surface area contributed by atoms with Gasteiger partial charge in [0.15, 0.2) is 5.96 Å². The van der Waals surface area contributed by atoms with Crippen LogP contribution in [0.2, 0.25) is 0 Å². The Bertz CT molecular complexity index is 931. The van der Waals surface area contributed by atoms with Gasteiger partial charge in [-0.05, 0) is 68.9 Å². The monoisotopic (exact) mass is 577 g/mol. The number of aliphatic imine (C=N–C) groups is 1. The zero-order valence-electron chi connectivity index (χ0n) is 20.8. The Morgan fingerprint density at radius 1 is 1.06 bits per heavy atom. The van der Waals surface area contributed by atoms with E-state index in [4.69, 9.17) is 9.73 Å². The third-order valence-corrected chi connectivity index (χ3v) is 6.75. The topological polar surface area (TPSA) is 52.1 Å². The standard InChI is InChI=1S/C27H39N5O.HI/c1-4-28-27(30-21(2)23-9-7-10-24(17-23)31-14-5-6-15-31)29-19-22-13-16-32(20-22)25-11-8-12-26(18-25)33-3;/h7-12,17-18,21-22H,4-6,13-16,19-20H2,1-3H3,(H2,28,29,30);1H. The van der Waals surface area contributed by atoms with Crippen LogP contribution in [0.15, 0.2) is 53.5 Å². The van der Waals surface area contributed by atoms with E-state index in [1.54, 1.807) is 7.11 Å². The average Bonchev–Trinajstić information content (AvgIpc) is 3.55. The third-order valence-electron chi connectivity index (χ3n) is 6.75. The van der Waals surface area contributed by atoms with Gasteiger partial charge < -0.3 is 25.2 Å². The lowest BCUT2D eigenvalue weighted by atomic mass is 10.1. The number of methoxy groups -OCH3 is 1. The molecule has 0 radical (unpaired) electrons. The van der Waals surface area contributed by atoms with Crippen molar-refractivity contribution in [3.8, 4) is 5.75 Å². The summed E-state index contributed by atoms with van der Waals surface area (Å²) in [5.74, 6) is 2.37. The molecule has 2 saturated heterocycles. The van der Waals surface area contributed by atoms with Crippen molar-refractivity contribution in [1.29, 1.82) is 0 Å². The van der Waals surface area contributed by atoms with Gasteiger partial charge in [0.25, 0.3) is 0 Å². The van der Waals surface area contributed by atoms with Gasteiger partial charge in [-0.2, -0.15) is 0 Å². The number of hydrogen-bond donors (Lipinski definition) is 2. The molecule has 2 aliphatic rings. The van der Waals surface area contributed by atoms with Crippen molar-refractivity contribution in [1.82, 2.24) is 10.6 Å². The predicted molar refractivity (Wildman–Crippen MR) is 154 cm³/mol. The van der Waals surface area contributed by atoms with Gasteiger partial charge in [-0.3, -0.25) is 4.99 Å². The molecule has 186 valence electrons. The van der Waals surface area contributed by atoms with Crippen molar-refractivity contribution in [3.05, 3.63) is 54.1 Å². The van der Waals surface area contributed by atoms with Gasteiger partial charge in [0.05, 0.1) is 13.2 Å². The molecule has 2 heterocycles. The fourth-order valence-corrected chi connectivity index (χ4v) is 4.82. The van der Waals surface area contributed by atoms with Crippen molar-refractivity contribution in [3.63, 3.8) is 0 Å². The summed E-state index contributed by atoms with van der Waals surface area (Å²) in [4.78, 5) is 9.89. The summed E-state index contributed by atoms with van der Waals surface area (Å²) in [6, 6.07) is 17.5. The minimum absolute atomic E-state index is 0. The van der Waals surface area contributed by atoms with E-state index in [1.807, 2.05) is 6.07 Å². The van der Waals surface area contributed by atoms with Crippen LogP contribution in [-0.2, 0) is 0 Å². The molecular formula is C27H40IN5O. The predicted octanol–water partition coefficient (Wildman–Crippen LogP) is 5.06. The van der Waals surface area contributed by atoms with Crippen molar-refractivity contribution in [2.75, 3.05) is 56.2 Å². The number of nitrogens with zero attached hydrogens (tertiary/aromatic N) is 3. The second kappa shape index (κ2) is 13.1. The van der Waals surface area contributed by atoms with Crippen LogP contribution in [0.5, 0.6) is 5.75 Å². The molecule has 2 aromatic carbocycles. The Morgan fingerprint density at radius 3 is 2.53 bits per heavy atom. The van der Waals surface area contributed by atoms with Gasteiger partial charge >= 0.3 is 0 Å². The maximum Gasteiger partial charge on any atom is 0.191 e. The van der Waals surface area contributed by atoms with Crippen LogP contribution in [0.3, 0.4) is 0 Å². The second-order valence-corrected chi connectivity index (χ2v) is 9.18. The first-order chi connectivity index (χ1) is 16.2. The zero-order valence-corrected chi connectivity index (χ0v) is 23.1. The van der Waals surface area contributed by atoms with E-state index in [0.717, 1.165) is 44.3 Å². The van der Waals surface area contributed by atoms with Crippen molar-refractivity contribution in [2.24, 2.45) is 10.9 Å². The van der Waals surface area contributed by atoms with Gasteiger partial charge in [0.1, 0.15) is 5.75 Å². The molecule has 2 N–H and O–H groups in total. The molecule has 0 amide bonds. The van der Waals surface area contributed by atoms with Crippen LogP contribution in [-0.4, -0.2) is 52.3 Å². The summed E-state index contributed by atoms with van der Waals surface area (Å²) in [5, 5.41) is 7.06. The first-order valence-corrected chi connectivity index (χ1v) is 12.4. The first kappa shape index (κ1) is 26.4. The smallest absolute Gasteiger partial charge is 0.191 e. The maximum absolute atomic E-state index is 5.39. The molecule has 2 fully saturated rings. The number of ether oxygens (including phenoxy) is 1. The Balaban J connectivity index is 0.00000324. The fraction of sp³-hybridized carbons (Fsp3) is 0.519. The number of anilines is 2. The highest BCUT2D eigenvalue weighted by Crippen LogP contribution is 2.27. The Kier molecular flexibility index (Phi) is 10.2. The molecule has 0 aliphatic carbocycles. The largest absolute Gasteiger partial charge is 0.497 e. The highest BCUT2D eigenvalue weighted by molar-refractivity contribution is 14.0. The van der Waals surface area contributed by atoms with Crippen molar-refractivity contribution in [2.45, 2.75) is 39.2 Å². The van der Waals surface area contributed by atoms with Crippen LogP contribution in [0.4, 0.5) is 11.4 Å². The summed E-state index contributed by atoms with van der Waals surface area (Å²) in [7, 11) is 1.72. The quantitative estimate of drug-likeness (QED) is 0.261. The lowest BCUT2D eigenvalue weighted by molar-refractivity contribution is 0.415. The van der Waals surface area contributed by atoms with E-state index < -0.39 is 0 Å². The molecule has 0 saturated carbocycles. The molecular weight excluding hydrogens is 537 g/mol. The molecule has 0 bridgehead atoms. The van der Waals surface area contributed by atoms with Gasteiger partial charge in [-0.1, -0.05) is 18.2 Å². The number of halogens is 1. The van der Waals surface area contributed by atoms with Crippen LogP contribution in [0.1, 0.15) is 44.7 Å². The number of benzene rings is 2. The summed E-state index contributed by atoms with van der Waals surface area (Å²) >= 11 is 0. The Labute approximate surface area is 222 Å². The molecule has 2 aliphatic heterocycles. The summed E-state index contributed by atoms with van der Waals surface area (Å²) < 4.78 is 5.39. The highest BCUT2D eigenvalue weighted by Gasteiger charge is 2.23. The molecule has 2 aromatic rings. The van der Waals surface area contributed by atoms with E-state index in [0.29, 0.717) is 5.92 Å². The summed E-state index contributed by atoms with van der Waals surface area (Å²) in [6.07, 6.45) is 3.75. The van der Waals surface area contributed by atoms with Crippen LogP contribution >= 0.6 is 24.0 Å². The Morgan fingerprint density at radius 2 is 1.79 bits per heavy atom. The molecule has 34 heavy (non-hydrogen) atoms. The average molecular weight is 578 g/mol. The van der Waals surface area contributed by atoms with E-state index >= 15 is 0 Å². The number of hydrogen-bond acceptors (Lipinski definition) is 4. The summed E-state index contributed by atoms with van der Waals surface area (Å²) in [5.41, 5.74) is 3.87. The number of rotatable bonds is 8. The maximum atomic E-state index is 5.39. The summed E-state index contributed by atoms with van der Waals surface area (Å²) in [6.45, 7) is 10.5. The Hall–Kier alpha value is -2.16. The van der Waals surface area contributed by atoms with Crippen LogP contribution in [0.25, 0.3) is 0 Å². The molecule has 2 atom stereocenters. The van der Waals surface area contributed by atoms with Crippen molar-refractivity contribution >= 4 is 41.3 Å². The molecule has 0 spiro atoms. The highest BCUT2D eigenvalue weighted by atomic mass is 127. The van der Waals surface area contributed by atoms with Gasteiger partial charge in [-0.25, -0.2) is 0 Å². The van der Waals surface area contributed by atoms with Gasteiger partial charge in [0, 0.05) is 56.7 Å². The molecule has 6 nitrogen and oxygen atoms in total. The second-order valence-electron chi connectivity index (χ2n) is 9.18. The normalized spacial score (nSPS) is 19.0. The van der Waals surface area contributed by atoms with Gasteiger partial charge in [-0.15, -0.1) is 24.0 Å². The number of guanidine groups is 1. The van der Waals surface area contributed by atoms with E-state index in [-0.39, 0.29) is 30.0 Å². The minimum atomic E-state index is 0. The zero-order chi connectivity index (χ0) is 23.0. The van der Waals surface area contributed by atoms with Crippen LogP contribution in [0, 0.1) is 5.92 Å². The molecule has 4 rings (SSSR count). The van der Waals surface area contributed by atoms with E-state index in [9.17, 15) is 0 Å². The van der Waals surface area contributed by atoms with Gasteiger partial charge in [0.2, 0.25) is 0 Å². The molecule has 0 aromatic heterocycles. The van der Waals surface area contributed by atoms with E-state index in [2.05, 4.69) is 76.7 Å². The fourth-order valence-electron chi connectivity index (χ4n) is 4.82. The number of nitrogens with one attached hydrogen (secondary N) is 2. The third kappa shape index (κ3) is 6.93. The lowest BCUT2D eigenvalue weighted by Gasteiger charge is -2.22. The van der Waals surface area contributed by atoms with Crippen LogP contribution < -0.4 is 25.2 Å². The minimum Gasteiger partial charge on any atom is -0.497 e. The first-order valence-electron chi connectivity index (χ1n) is 12.4. The lowest BCUT2D eigenvalue weighted by Crippen LogP contribution is -2.39. The SMILES string of the molecule is CCNC(=NCC1CCN(c2cccc(OC)c2)C1)NC(C)c1cccc(N2CCCC2)c1.I. The molecule has 2 unspecified atom stereocenters. The van der Waals surface area contributed by atoms with Crippen molar-refractivity contribution < 1.29 is 4.74 Å². The van der Waals surface area contributed by atoms with E-state index in [1.165, 1.54) is 42.9 Å². The molecule has 7 heteroatoms.